The lowest BCUT2D eigenvalue weighted by Crippen LogP contribution is -2.52. The molecule has 0 bridgehead atoms. The monoisotopic (exact) mass is 552 g/mol. The number of fused-ring (bicyclic) bond motifs is 1. The molecule has 0 fully saturated rings. The minimum absolute atomic E-state index is 0.0392. The van der Waals surface area contributed by atoms with E-state index in [-0.39, 0.29) is 48.1 Å². The van der Waals surface area contributed by atoms with Gasteiger partial charge in [0.05, 0.1) is 23.4 Å². The van der Waals surface area contributed by atoms with E-state index in [1.165, 1.54) is 24.1 Å². The Morgan fingerprint density at radius 3 is 2.46 bits per heavy atom. The molecule has 2 N–H and O–H groups in total. The molecular formula is C23H35F3N4O6S. The van der Waals surface area contributed by atoms with Crippen molar-refractivity contribution in [2.75, 3.05) is 44.3 Å². The van der Waals surface area contributed by atoms with Gasteiger partial charge in [-0.15, -0.1) is 0 Å². The standard InChI is InChI=1S/C23H35F3N4O6S/c1-14(2)27-22(32)30-10-15(3)20(35-6)11-29(5)21(31)18-8-7-17(9-19(18)36-12-16(30)4)28-37(33,34)13-23(24,25)26/h7-9,14-16,20,28H,10-13H2,1-6H3,(H,27,32)/t15-,16-,20+/m1/s1. The summed E-state index contributed by atoms with van der Waals surface area (Å²) in [5, 5.41) is 2.85. The summed E-state index contributed by atoms with van der Waals surface area (Å²) in [7, 11) is -1.67. The molecule has 0 aromatic heterocycles. The van der Waals surface area contributed by atoms with Crippen LogP contribution in [-0.2, 0) is 14.8 Å². The lowest BCUT2D eigenvalue weighted by molar-refractivity contribution is -0.106. The average Bonchev–Trinajstić information content (AvgIpc) is 2.75. The first kappa shape index (κ1) is 30.5. The number of halogens is 3. The Balaban J connectivity index is 2.46. The third-order valence-electron chi connectivity index (χ3n) is 5.75. The summed E-state index contributed by atoms with van der Waals surface area (Å²) in [5.74, 6) is -2.70. The molecule has 1 heterocycles. The first-order valence-corrected chi connectivity index (χ1v) is 13.4. The van der Waals surface area contributed by atoms with Gasteiger partial charge in [-0.25, -0.2) is 13.2 Å². The first-order chi connectivity index (χ1) is 17.0. The maximum absolute atomic E-state index is 13.2. The van der Waals surface area contributed by atoms with Crippen molar-refractivity contribution >= 4 is 27.6 Å². The lowest BCUT2D eigenvalue weighted by Gasteiger charge is -2.36. The molecule has 0 aliphatic carbocycles. The van der Waals surface area contributed by atoms with E-state index < -0.39 is 40.0 Å². The number of hydrogen-bond donors (Lipinski definition) is 2. The third kappa shape index (κ3) is 8.95. The van der Waals surface area contributed by atoms with Crippen LogP contribution in [0.15, 0.2) is 18.2 Å². The number of alkyl halides is 3. The highest BCUT2D eigenvalue weighted by atomic mass is 32.2. The molecule has 2 rings (SSSR count). The zero-order chi connectivity index (χ0) is 28.1. The summed E-state index contributed by atoms with van der Waals surface area (Å²) in [6.45, 7) is 7.74. The molecule has 0 spiro atoms. The van der Waals surface area contributed by atoms with Crippen LogP contribution in [0.1, 0.15) is 38.1 Å². The number of hydrogen-bond acceptors (Lipinski definition) is 6. The number of urea groups is 1. The zero-order valence-corrected chi connectivity index (χ0v) is 22.6. The van der Waals surface area contributed by atoms with E-state index in [4.69, 9.17) is 9.47 Å². The lowest BCUT2D eigenvalue weighted by atomic mass is 10.0. The number of carbonyl (C=O) groups excluding carboxylic acids is 2. The van der Waals surface area contributed by atoms with E-state index in [1.807, 2.05) is 25.5 Å². The van der Waals surface area contributed by atoms with Crippen molar-refractivity contribution in [2.24, 2.45) is 5.92 Å². The molecule has 1 aromatic rings. The predicted octanol–water partition coefficient (Wildman–Crippen LogP) is 2.91. The molecule has 0 saturated carbocycles. The maximum atomic E-state index is 13.2. The van der Waals surface area contributed by atoms with Crippen LogP contribution in [0.2, 0.25) is 0 Å². The fourth-order valence-electron chi connectivity index (χ4n) is 3.88. The Labute approximate surface area is 215 Å². The highest BCUT2D eigenvalue weighted by Gasteiger charge is 2.35. The van der Waals surface area contributed by atoms with Crippen molar-refractivity contribution in [3.05, 3.63) is 23.8 Å². The van der Waals surface area contributed by atoms with Crippen LogP contribution in [0.4, 0.5) is 23.7 Å². The molecule has 10 nitrogen and oxygen atoms in total. The molecule has 1 aromatic carbocycles. The zero-order valence-electron chi connectivity index (χ0n) is 21.8. The number of nitrogens with zero attached hydrogens (tertiary/aromatic N) is 2. The van der Waals surface area contributed by atoms with E-state index >= 15 is 0 Å². The van der Waals surface area contributed by atoms with Gasteiger partial charge in [0.25, 0.3) is 5.91 Å². The SMILES string of the molecule is CO[C@H]1CN(C)C(=O)c2ccc(NS(=O)(=O)CC(F)(F)F)cc2OC[C@@H](C)N(C(=O)NC(C)C)C[C@H]1C. The molecule has 210 valence electrons. The number of carbonyl (C=O) groups is 2. The smallest absolute Gasteiger partial charge is 0.404 e. The molecule has 1 aliphatic heterocycles. The molecule has 1 aliphatic rings. The van der Waals surface area contributed by atoms with Gasteiger partial charge in [-0.3, -0.25) is 9.52 Å². The second-order valence-corrected chi connectivity index (χ2v) is 11.3. The van der Waals surface area contributed by atoms with Gasteiger partial charge in [0.2, 0.25) is 10.0 Å². The van der Waals surface area contributed by atoms with Crippen LogP contribution < -0.4 is 14.8 Å². The number of sulfonamides is 1. The van der Waals surface area contributed by atoms with Crippen LogP contribution in [-0.4, -0.2) is 94.1 Å². The Hall–Kier alpha value is -2.74. The quantitative estimate of drug-likeness (QED) is 0.580. The minimum atomic E-state index is -4.93. The average molecular weight is 553 g/mol. The van der Waals surface area contributed by atoms with E-state index in [9.17, 15) is 31.2 Å². The van der Waals surface area contributed by atoms with Gasteiger partial charge >= 0.3 is 12.2 Å². The second-order valence-electron chi connectivity index (χ2n) is 9.54. The van der Waals surface area contributed by atoms with Gasteiger partial charge in [-0.1, -0.05) is 6.92 Å². The van der Waals surface area contributed by atoms with Crippen LogP contribution in [0.3, 0.4) is 0 Å². The van der Waals surface area contributed by atoms with Gasteiger partial charge in [-0.05, 0) is 32.9 Å². The summed E-state index contributed by atoms with van der Waals surface area (Å²) in [6.07, 6.45) is -5.34. The topological polar surface area (TPSA) is 117 Å². The van der Waals surface area contributed by atoms with Crippen molar-refractivity contribution in [2.45, 2.75) is 52.1 Å². The molecule has 3 amide bonds. The van der Waals surface area contributed by atoms with Crippen LogP contribution in [0.25, 0.3) is 0 Å². The molecule has 14 heteroatoms. The minimum Gasteiger partial charge on any atom is -0.491 e. The largest absolute Gasteiger partial charge is 0.491 e. The molecule has 0 radical (unpaired) electrons. The van der Waals surface area contributed by atoms with Crippen molar-refractivity contribution in [1.29, 1.82) is 0 Å². The third-order valence-corrected chi connectivity index (χ3v) is 7.00. The van der Waals surface area contributed by atoms with Gasteiger partial charge < -0.3 is 24.6 Å². The van der Waals surface area contributed by atoms with Gasteiger partial charge in [0.15, 0.2) is 5.75 Å². The predicted molar refractivity (Wildman–Crippen MR) is 132 cm³/mol. The van der Waals surface area contributed by atoms with Crippen molar-refractivity contribution in [1.82, 2.24) is 15.1 Å². The number of amides is 3. The summed E-state index contributed by atoms with van der Waals surface area (Å²) in [5.41, 5.74) is -0.120. The Kier molecular flexibility index (Phi) is 10.1. The number of benzene rings is 1. The van der Waals surface area contributed by atoms with E-state index in [2.05, 4.69) is 5.32 Å². The number of methoxy groups -OCH3 is 1. The Bertz CT molecular complexity index is 1070. The van der Waals surface area contributed by atoms with E-state index in [1.54, 1.807) is 18.9 Å². The summed E-state index contributed by atoms with van der Waals surface area (Å²) in [6, 6.07) is 2.71. The molecule has 37 heavy (non-hydrogen) atoms. The normalized spacial score (nSPS) is 22.0. The fraction of sp³-hybridized carbons (Fsp3) is 0.652. The van der Waals surface area contributed by atoms with Crippen molar-refractivity contribution < 1.29 is 40.7 Å². The van der Waals surface area contributed by atoms with Gasteiger partial charge in [-0.2, -0.15) is 13.2 Å². The van der Waals surface area contributed by atoms with Crippen molar-refractivity contribution in [3.8, 4) is 5.75 Å². The van der Waals surface area contributed by atoms with Gasteiger partial charge in [0, 0.05) is 45.3 Å². The summed E-state index contributed by atoms with van der Waals surface area (Å²) >= 11 is 0. The van der Waals surface area contributed by atoms with Crippen LogP contribution in [0.5, 0.6) is 5.75 Å². The molecule has 0 saturated heterocycles. The van der Waals surface area contributed by atoms with Crippen LogP contribution >= 0.6 is 0 Å². The fourth-order valence-corrected chi connectivity index (χ4v) is 4.87. The second kappa shape index (κ2) is 12.2. The number of nitrogens with one attached hydrogen (secondary N) is 2. The first-order valence-electron chi connectivity index (χ1n) is 11.7. The highest BCUT2D eigenvalue weighted by molar-refractivity contribution is 7.92. The van der Waals surface area contributed by atoms with Crippen molar-refractivity contribution in [3.63, 3.8) is 0 Å². The molecule has 3 atom stereocenters. The maximum Gasteiger partial charge on any atom is 0.404 e. The number of ether oxygens (including phenoxy) is 2. The molecule has 0 unspecified atom stereocenters. The summed E-state index contributed by atoms with van der Waals surface area (Å²) in [4.78, 5) is 29.2. The Morgan fingerprint density at radius 2 is 1.89 bits per heavy atom. The number of likely N-dealkylation sites (N-methyl/N-ethyl adjacent to an activating group) is 1. The molecular weight excluding hydrogens is 517 g/mol. The summed E-state index contributed by atoms with van der Waals surface area (Å²) < 4.78 is 75.2. The van der Waals surface area contributed by atoms with Gasteiger partial charge in [0.1, 0.15) is 12.4 Å². The highest BCUT2D eigenvalue weighted by Crippen LogP contribution is 2.28. The van der Waals surface area contributed by atoms with E-state index in [0.717, 1.165) is 6.07 Å². The van der Waals surface area contributed by atoms with Crippen LogP contribution in [0, 0.1) is 5.92 Å². The van der Waals surface area contributed by atoms with E-state index in [0.29, 0.717) is 6.54 Å². The number of rotatable bonds is 5. The Morgan fingerprint density at radius 1 is 1.24 bits per heavy atom. The number of anilines is 1.